The maximum atomic E-state index is 9.77. The zero-order chi connectivity index (χ0) is 11.3. The van der Waals surface area contributed by atoms with E-state index in [2.05, 4.69) is 43.4 Å². The van der Waals surface area contributed by atoms with E-state index >= 15 is 0 Å². The molecule has 0 aromatic heterocycles. The van der Waals surface area contributed by atoms with Gasteiger partial charge in [-0.1, -0.05) is 15.9 Å². The largest absolute Gasteiger partial charge is 0.506 e. The van der Waals surface area contributed by atoms with Gasteiger partial charge in [0.25, 0.3) is 0 Å². The van der Waals surface area contributed by atoms with E-state index in [0.717, 1.165) is 26.8 Å². The van der Waals surface area contributed by atoms with Crippen LogP contribution in [0.25, 0.3) is 0 Å². The first kappa shape index (κ1) is 13.4. The number of rotatable bonds is 5. The molecule has 0 aliphatic heterocycles. The van der Waals surface area contributed by atoms with E-state index in [-0.39, 0.29) is 0 Å². The van der Waals surface area contributed by atoms with Crippen LogP contribution in [0.5, 0.6) is 5.75 Å². The zero-order valence-electron chi connectivity index (χ0n) is 8.39. The number of hydrogen-bond acceptors (Lipinski definition) is 3. The van der Waals surface area contributed by atoms with Crippen molar-refractivity contribution in [3.63, 3.8) is 0 Å². The molecule has 0 bridgehead atoms. The van der Waals surface area contributed by atoms with Gasteiger partial charge in [-0.05, 0) is 34.3 Å². The Hall–Kier alpha value is 0.290. The number of halogens is 2. The van der Waals surface area contributed by atoms with Crippen LogP contribution >= 0.6 is 43.6 Å². The lowest BCUT2D eigenvalue weighted by Gasteiger charge is -2.08. The maximum Gasteiger partial charge on any atom is 0.134 e. The topological polar surface area (TPSA) is 32.3 Å². The number of benzene rings is 1. The Labute approximate surface area is 111 Å². The molecule has 0 saturated carbocycles. The third-order valence-corrected chi connectivity index (χ3v) is 3.58. The molecule has 0 aliphatic rings. The minimum Gasteiger partial charge on any atom is -0.506 e. The van der Waals surface area contributed by atoms with Crippen LogP contribution in [0.1, 0.15) is 5.56 Å². The lowest BCUT2D eigenvalue weighted by atomic mass is 10.2. The third-order valence-electron chi connectivity index (χ3n) is 1.91. The quantitative estimate of drug-likeness (QED) is 0.795. The number of hydrogen-bond donors (Lipinski definition) is 2. The molecule has 0 radical (unpaired) electrons. The number of phenolic OH excluding ortho intramolecular Hbond substituents is 1. The van der Waals surface area contributed by atoms with Crippen LogP contribution in [-0.2, 0) is 6.54 Å². The maximum absolute atomic E-state index is 9.77. The molecule has 1 aromatic carbocycles. The molecule has 0 atom stereocenters. The van der Waals surface area contributed by atoms with Gasteiger partial charge in [-0.3, -0.25) is 0 Å². The van der Waals surface area contributed by atoms with Gasteiger partial charge >= 0.3 is 0 Å². The first-order valence-electron chi connectivity index (χ1n) is 4.51. The predicted octanol–water partition coefficient (Wildman–Crippen LogP) is 3.37. The minimum atomic E-state index is 0.315. The summed E-state index contributed by atoms with van der Waals surface area (Å²) in [6, 6.07) is 3.76. The van der Waals surface area contributed by atoms with Gasteiger partial charge in [-0.25, -0.2) is 0 Å². The molecule has 0 unspecified atom stereocenters. The molecule has 0 saturated heterocycles. The molecule has 1 aromatic rings. The molecular weight excluding hydrogens is 342 g/mol. The Morgan fingerprint density at radius 3 is 2.80 bits per heavy atom. The molecule has 84 valence electrons. The van der Waals surface area contributed by atoms with Crippen molar-refractivity contribution >= 4 is 43.6 Å². The average molecular weight is 355 g/mol. The molecule has 1 rings (SSSR count). The fraction of sp³-hybridized carbons (Fsp3) is 0.400. The Kier molecular flexibility index (Phi) is 6.04. The Bertz CT molecular complexity index is 333. The van der Waals surface area contributed by atoms with Crippen molar-refractivity contribution in [3.8, 4) is 5.75 Å². The van der Waals surface area contributed by atoms with E-state index in [0.29, 0.717) is 12.3 Å². The van der Waals surface area contributed by atoms with Crippen LogP contribution in [0, 0.1) is 0 Å². The molecule has 2 N–H and O–H groups in total. The van der Waals surface area contributed by atoms with Crippen molar-refractivity contribution in [2.24, 2.45) is 0 Å². The molecule has 0 aliphatic carbocycles. The van der Waals surface area contributed by atoms with Crippen molar-refractivity contribution in [1.82, 2.24) is 5.32 Å². The van der Waals surface area contributed by atoms with Crippen LogP contribution in [-0.4, -0.2) is 23.7 Å². The summed E-state index contributed by atoms with van der Waals surface area (Å²) in [5.74, 6) is 1.39. The molecule has 2 nitrogen and oxygen atoms in total. The summed E-state index contributed by atoms with van der Waals surface area (Å²) in [4.78, 5) is 0. The van der Waals surface area contributed by atoms with Gasteiger partial charge in [0.2, 0.25) is 0 Å². The van der Waals surface area contributed by atoms with Gasteiger partial charge in [-0.15, -0.1) is 0 Å². The van der Waals surface area contributed by atoms with Crippen LogP contribution in [0.15, 0.2) is 21.1 Å². The summed E-state index contributed by atoms with van der Waals surface area (Å²) < 4.78 is 1.69. The third kappa shape index (κ3) is 4.34. The lowest BCUT2D eigenvalue weighted by Crippen LogP contribution is -2.16. The number of aromatic hydroxyl groups is 1. The average Bonchev–Trinajstić information content (AvgIpc) is 2.19. The van der Waals surface area contributed by atoms with Crippen LogP contribution in [0.2, 0.25) is 0 Å². The standard InChI is InChI=1S/C10H13Br2NOS/c1-15-3-2-13-6-7-4-8(11)5-9(12)10(7)14/h4-5,13-14H,2-3,6H2,1H3. The summed E-state index contributed by atoms with van der Waals surface area (Å²) in [7, 11) is 0. The van der Waals surface area contributed by atoms with E-state index in [9.17, 15) is 5.11 Å². The van der Waals surface area contributed by atoms with Crippen LogP contribution < -0.4 is 5.32 Å². The van der Waals surface area contributed by atoms with Crippen LogP contribution in [0.3, 0.4) is 0 Å². The fourth-order valence-corrected chi connectivity index (χ4v) is 2.81. The zero-order valence-corrected chi connectivity index (χ0v) is 12.4. The highest BCUT2D eigenvalue weighted by molar-refractivity contribution is 9.11. The van der Waals surface area contributed by atoms with Gasteiger partial charge in [0.15, 0.2) is 0 Å². The number of nitrogens with one attached hydrogen (secondary N) is 1. The summed E-state index contributed by atoms with van der Waals surface area (Å²) in [5, 5.41) is 13.0. The summed E-state index contributed by atoms with van der Waals surface area (Å²) in [6.07, 6.45) is 2.08. The molecule has 0 spiro atoms. The van der Waals surface area contributed by atoms with E-state index in [4.69, 9.17) is 0 Å². The summed E-state index contributed by atoms with van der Waals surface area (Å²) in [6.45, 7) is 1.63. The van der Waals surface area contributed by atoms with Gasteiger partial charge in [-0.2, -0.15) is 11.8 Å². The molecule has 0 heterocycles. The second-order valence-corrected chi connectivity index (χ2v) is 5.82. The smallest absolute Gasteiger partial charge is 0.134 e. The van der Waals surface area contributed by atoms with E-state index in [1.165, 1.54) is 0 Å². The molecule has 0 fully saturated rings. The second kappa shape index (κ2) is 6.78. The highest BCUT2D eigenvalue weighted by Crippen LogP contribution is 2.31. The van der Waals surface area contributed by atoms with E-state index < -0.39 is 0 Å². The number of thioether (sulfide) groups is 1. The van der Waals surface area contributed by atoms with Crippen molar-refractivity contribution in [2.45, 2.75) is 6.54 Å². The van der Waals surface area contributed by atoms with Gasteiger partial charge in [0.05, 0.1) is 4.47 Å². The summed E-state index contributed by atoms with van der Waals surface area (Å²) in [5.41, 5.74) is 0.900. The Balaban J connectivity index is 2.60. The fourth-order valence-electron chi connectivity index (χ4n) is 1.15. The highest BCUT2D eigenvalue weighted by atomic mass is 79.9. The van der Waals surface area contributed by atoms with Crippen molar-refractivity contribution in [2.75, 3.05) is 18.6 Å². The van der Waals surface area contributed by atoms with Gasteiger partial charge in [0, 0.05) is 28.9 Å². The molecular formula is C10H13Br2NOS. The summed E-state index contributed by atoms with van der Waals surface area (Å²) >= 11 is 8.51. The Morgan fingerprint density at radius 2 is 2.13 bits per heavy atom. The minimum absolute atomic E-state index is 0.315. The van der Waals surface area contributed by atoms with Crippen molar-refractivity contribution < 1.29 is 5.11 Å². The molecule has 5 heteroatoms. The SMILES string of the molecule is CSCCNCc1cc(Br)cc(Br)c1O. The highest BCUT2D eigenvalue weighted by Gasteiger charge is 2.06. The monoisotopic (exact) mass is 353 g/mol. The number of phenols is 1. The van der Waals surface area contributed by atoms with Crippen molar-refractivity contribution in [3.05, 3.63) is 26.6 Å². The van der Waals surface area contributed by atoms with E-state index in [1.54, 1.807) is 11.8 Å². The van der Waals surface area contributed by atoms with Gasteiger partial charge in [0.1, 0.15) is 5.75 Å². The lowest BCUT2D eigenvalue weighted by molar-refractivity contribution is 0.461. The second-order valence-electron chi connectivity index (χ2n) is 3.06. The van der Waals surface area contributed by atoms with E-state index in [1.807, 2.05) is 12.1 Å². The van der Waals surface area contributed by atoms with Crippen molar-refractivity contribution in [1.29, 1.82) is 0 Å². The normalized spacial score (nSPS) is 10.6. The Morgan fingerprint density at radius 1 is 1.40 bits per heavy atom. The molecule has 0 amide bonds. The van der Waals surface area contributed by atoms with Gasteiger partial charge < -0.3 is 10.4 Å². The van der Waals surface area contributed by atoms with Crippen LogP contribution in [0.4, 0.5) is 0 Å². The predicted molar refractivity (Wildman–Crippen MR) is 73.6 cm³/mol. The first-order chi connectivity index (χ1) is 7.15. The molecule has 15 heavy (non-hydrogen) atoms. The first-order valence-corrected chi connectivity index (χ1v) is 7.49.